The van der Waals surface area contributed by atoms with Gasteiger partial charge in [0.05, 0.1) is 17.8 Å². The van der Waals surface area contributed by atoms with Crippen molar-refractivity contribution in [1.29, 1.82) is 0 Å². The fourth-order valence-electron chi connectivity index (χ4n) is 4.49. The van der Waals surface area contributed by atoms with Gasteiger partial charge in [-0.1, -0.05) is 60.6 Å². The second kappa shape index (κ2) is 11.2. The van der Waals surface area contributed by atoms with Crippen molar-refractivity contribution in [3.63, 3.8) is 0 Å². The minimum Gasteiger partial charge on any atom is -0.480 e. The Hall–Kier alpha value is -3.98. The van der Waals surface area contributed by atoms with Crippen molar-refractivity contribution in [2.45, 2.75) is 33.0 Å². The number of hydrogen-bond donors (Lipinski definition) is 1. The lowest BCUT2D eigenvalue weighted by atomic mass is 9.93. The molecule has 0 radical (unpaired) electrons. The standard InChI is InChI=1S/C29H28F3N3O3/c1-4-19-13-21(9-10-22(19)15-35(3)16-27(36)37)28-33-26(17-38-34-28)20-11-12-24(25(14-20)29(30,31)32)23-8-6-5-7-18(23)2/h5-14H,4,15-17H2,1-3H3,(H,36,37). The van der Waals surface area contributed by atoms with E-state index in [4.69, 9.17) is 9.94 Å². The molecular formula is C29H28F3N3O3. The maximum absolute atomic E-state index is 14.1. The lowest BCUT2D eigenvalue weighted by molar-refractivity contribution is -0.138. The molecule has 1 heterocycles. The number of oxime groups is 1. The summed E-state index contributed by atoms with van der Waals surface area (Å²) in [6.45, 7) is 4.10. The van der Waals surface area contributed by atoms with Gasteiger partial charge >= 0.3 is 12.1 Å². The van der Waals surface area contributed by atoms with E-state index in [9.17, 15) is 18.0 Å². The molecule has 0 fully saturated rings. The molecule has 1 N–H and O–H groups in total. The van der Waals surface area contributed by atoms with Crippen LogP contribution in [0.5, 0.6) is 0 Å². The normalized spacial score (nSPS) is 13.7. The molecule has 0 amide bonds. The van der Waals surface area contributed by atoms with E-state index in [1.54, 1.807) is 55.3 Å². The first-order chi connectivity index (χ1) is 18.1. The number of nitrogens with zero attached hydrogens (tertiary/aromatic N) is 3. The van der Waals surface area contributed by atoms with Gasteiger partial charge in [0, 0.05) is 17.7 Å². The van der Waals surface area contributed by atoms with Gasteiger partial charge < -0.3 is 9.94 Å². The molecule has 1 aliphatic rings. The van der Waals surface area contributed by atoms with Gasteiger partial charge in [0.25, 0.3) is 0 Å². The van der Waals surface area contributed by atoms with Crippen LogP contribution >= 0.6 is 0 Å². The fourth-order valence-corrected chi connectivity index (χ4v) is 4.49. The molecule has 6 nitrogen and oxygen atoms in total. The van der Waals surface area contributed by atoms with Crippen molar-refractivity contribution in [2.75, 3.05) is 20.2 Å². The minimum atomic E-state index is -4.56. The van der Waals surface area contributed by atoms with Gasteiger partial charge in [0.15, 0.2) is 12.4 Å². The predicted molar refractivity (Wildman–Crippen MR) is 140 cm³/mol. The van der Waals surface area contributed by atoms with Crippen molar-refractivity contribution in [1.82, 2.24) is 4.90 Å². The summed E-state index contributed by atoms with van der Waals surface area (Å²) < 4.78 is 42.3. The average molecular weight is 524 g/mol. The van der Waals surface area contributed by atoms with Gasteiger partial charge in [-0.2, -0.15) is 13.2 Å². The first-order valence-corrected chi connectivity index (χ1v) is 12.1. The van der Waals surface area contributed by atoms with Crippen LogP contribution in [0, 0.1) is 6.92 Å². The van der Waals surface area contributed by atoms with Crippen molar-refractivity contribution < 1.29 is 27.9 Å². The van der Waals surface area contributed by atoms with Crippen LogP contribution in [0.25, 0.3) is 11.1 Å². The Morgan fingerprint density at radius 1 is 1.03 bits per heavy atom. The third-order valence-corrected chi connectivity index (χ3v) is 6.38. The molecule has 0 spiro atoms. The lowest BCUT2D eigenvalue weighted by Crippen LogP contribution is -2.25. The fraction of sp³-hybridized carbons (Fsp3) is 0.276. The Labute approximate surface area is 219 Å². The second-order valence-corrected chi connectivity index (χ2v) is 9.22. The number of halogens is 3. The predicted octanol–water partition coefficient (Wildman–Crippen LogP) is 5.94. The van der Waals surface area contributed by atoms with E-state index in [2.05, 4.69) is 10.1 Å². The molecule has 0 atom stereocenters. The Balaban J connectivity index is 1.67. The number of carboxylic acids is 1. The summed E-state index contributed by atoms with van der Waals surface area (Å²) >= 11 is 0. The van der Waals surface area contributed by atoms with E-state index < -0.39 is 17.7 Å². The maximum Gasteiger partial charge on any atom is 0.417 e. The summed E-state index contributed by atoms with van der Waals surface area (Å²) in [6, 6.07) is 16.8. The summed E-state index contributed by atoms with van der Waals surface area (Å²) in [7, 11) is 1.73. The highest BCUT2D eigenvalue weighted by molar-refractivity contribution is 6.14. The molecule has 0 saturated carbocycles. The molecule has 0 aromatic heterocycles. The van der Waals surface area contributed by atoms with E-state index >= 15 is 0 Å². The number of carboxylic acid groups (broad SMARTS) is 1. The summed E-state index contributed by atoms with van der Waals surface area (Å²) in [5.74, 6) is -0.638. The van der Waals surface area contributed by atoms with E-state index in [1.807, 2.05) is 19.1 Å². The van der Waals surface area contributed by atoms with E-state index in [0.29, 0.717) is 35.4 Å². The number of aryl methyl sites for hydroxylation is 2. The maximum atomic E-state index is 14.1. The zero-order valence-electron chi connectivity index (χ0n) is 21.3. The Morgan fingerprint density at radius 3 is 2.45 bits per heavy atom. The summed E-state index contributed by atoms with van der Waals surface area (Å²) in [4.78, 5) is 22.6. The number of amidine groups is 1. The molecule has 0 unspecified atom stereocenters. The number of carbonyl (C=O) groups is 1. The topological polar surface area (TPSA) is 74.5 Å². The quantitative estimate of drug-likeness (QED) is 0.397. The third-order valence-electron chi connectivity index (χ3n) is 6.38. The van der Waals surface area contributed by atoms with Gasteiger partial charge in [-0.05, 0) is 60.3 Å². The molecule has 198 valence electrons. The zero-order valence-corrected chi connectivity index (χ0v) is 21.3. The van der Waals surface area contributed by atoms with Gasteiger partial charge in [-0.3, -0.25) is 9.69 Å². The SMILES string of the molecule is CCc1cc(C2=NOCC(c3ccc(-c4ccccc4C)c(C(F)(F)F)c3)=N2)ccc1CN(C)CC(=O)O. The lowest BCUT2D eigenvalue weighted by Gasteiger charge is -2.19. The smallest absolute Gasteiger partial charge is 0.417 e. The first kappa shape index (κ1) is 27.1. The van der Waals surface area contributed by atoms with Crippen molar-refractivity contribution in [3.05, 3.63) is 94.0 Å². The van der Waals surface area contributed by atoms with Crippen LogP contribution in [-0.2, 0) is 28.8 Å². The first-order valence-electron chi connectivity index (χ1n) is 12.1. The number of benzene rings is 3. The molecule has 3 aromatic rings. The van der Waals surface area contributed by atoms with Crippen molar-refractivity contribution in [3.8, 4) is 11.1 Å². The minimum absolute atomic E-state index is 0.0524. The molecule has 0 aliphatic carbocycles. The monoisotopic (exact) mass is 523 g/mol. The molecule has 3 aromatic carbocycles. The van der Waals surface area contributed by atoms with Gasteiger partial charge in [-0.25, -0.2) is 4.99 Å². The van der Waals surface area contributed by atoms with Crippen LogP contribution in [0.15, 0.2) is 70.8 Å². The number of rotatable bonds is 8. The second-order valence-electron chi connectivity index (χ2n) is 9.22. The number of aliphatic carboxylic acids is 1. The number of hydrogen-bond acceptors (Lipinski definition) is 5. The van der Waals surface area contributed by atoms with Gasteiger partial charge in [-0.15, -0.1) is 0 Å². The van der Waals surface area contributed by atoms with Crippen LogP contribution < -0.4 is 0 Å². The number of aliphatic imine (C=N–C) groups is 1. The summed E-state index contributed by atoms with van der Waals surface area (Å²) in [6.07, 6.45) is -3.86. The van der Waals surface area contributed by atoms with Crippen LogP contribution in [0.1, 0.15) is 40.3 Å². The Morgan fingerprint density at radius 2 is 1.76 bits per heavy atom. The molecule has 1 aliphatic heterocycles. The van der Waals surface area contributed by atoms with Crippen molar-refractivity contribution in [2.24, 2.45) is 10.1 Å². The average Bonchev–Trinajstić information content (AvgIpc) is 2.88. The van der Waals surface area contributed by atoms with Gasteiger partial charge in [0.2, 0.25) is 0 Å². The van der Waals surface area contributed by atoms with E-state index in [-0.39, 0.29) is 24.6 Å². The molecular weight excluding hydrogens is 495 g/mol. The van der Waals surface area contributed by atoms with Crippen LogP contribution in [-0.4, -0.2) is 47.7 Å². The number of likely N-dealkylation sites (N-methyl/N-ethyl adjacent to an activating group) is 1. The van der Waals surface area contributed by atoms with Crippen molar-refractivity contribution >= 4 is 17.5 Å². The molecule has 38 heavy (non-hydrogen) atoms. The molecule has 0 saturated heterocycles. The van der Waals surface area contributed by atoms with E-state index in [1.165, 1.54) is 6.07 Å². The highest BCUT2D eigenvalue weighted by atomic mass is 19.4. The van der Waals surface area contributed by atoms with Crippen LogP contribution in [0.2, 0.25) is 0 Å². The molecule has 0 bridgehead atoms. The summed E-state index contributed by atoms with van der Waals surface area (Å²) in [5, 5.41) is 13.1. The van der Waals surface area contributed by atoms with Crippen LogP contribution in [0.4, 0.5) is 13.2 Å². The van der Waals surface area contributed by atoms with Crippen LogP contribution in [0.3, 0.4) is 0 Å². The Bertz CT molecular complexity index is 1410. The Kier molecular flexibility index (Phi) is 7.97. The highest BCUT2D eigenvalue weighted by Gasteiger charge is 2.34. The number of alkyl halides is 3. The summed E-state index contributed by atoms with van der Waals surface area (Å²) in [5.41, 5.74) is 3.94. The third kappa shape index (κ3) is 6.11. The van der Waals surface area contributed by atoms with Gasteiger partial charge in [0.1, 0.15) is 0 Å². The zero-order chi connectivity index (χ0) is 27.4. The molecule has 9 heteroatoms. The molecule has 4 rings (SSSR count). The highest BCUT2D eigenvalue weighted by Crippen LogP contribution is 2.39. The largest absolute Gasteiger partial charge is 0.480 e. The van der Waals surface area contributed by atoms with E-state index in [0.717, 1.165) is 22.8 Å².